The van der Waals surface area contributed by atoms with E-state index in [1.54, 1.807) is 6.20 Å². The first-order valence-corrected chi connectivity index (χ1v) is 7.99. The Morgan fingerprint density at radius 2 is 2.23 bits per heavy atom. The number of anilines is 1. The molecule has 2 rings (SSSR count). The fourth-order valence-electron chi connectivity index (χ4n) is 2.50. The molecule has 0 aromatic carbocycles. The summed E-state index contributed by atoms with van der Waals surface area (Å²) in [5.41, 5.74) is -0.167. The lowest BCUT2D eigenvalue weighted by molar-refractivity contribution is 0.0439. The van der Waals surface area contributed by atoms with Crippen LogP contribution in [0.2, 0.25) is 0 Å². The van der Waals surface area contributed by atoms with Gasteiger partial charge in [-0.25, -0.2) is 9.48 Å². The van der Waals surface area contributed by atoms with Crippen LogP contribution in [-0.4, -0.2) is 46.5 Å². The average Bonchev–Trinajstić information content (AvgIpc) is 3.03. The average molecular weight is 308 g/mol. The summed E-state index contributed by atoms with van der Waals surface area (Å²) in [4.78, 5) is 14.2. The van der Waals surface area contributed by atoms with E-state index >= 15 is 0 Å². The highest BCUT2D eigenvalue weighted by Gasteiger charge is 2.28. The van der Waals surface area contributed by atoms with E-state index in [4.69, 9.17) is 4.74 Å². The monoisotopic (exact) mass is 308 g/mol. The number of carbonyl (C=O) groups excluding carboxylic acids is 1. The molecule has 1 N–H and O–H groups in total. The lowest BCUT2D eigenvalue weighted by Gasteiger charge is -2.24. The molecule has 1 saturated heterocycles. The number of rotatable bonds is 4. The van der Waals surface area contributed by atoms with Gasteiger partial charge < -0.3 is 9.64 Å². The normalized spacial score (nSPS) is 19.0. The van der Waals surface area contributed by atoms with Crippen molar-refractivity contribution in [2.24, 2.45) is 5.92 Å². The molecule has 0 aliphatic carbocycles. The van der Waals surface area contributed by atoms with E-state index in [2.05, 4.69) is 45.0 Å². The predicted molar refractivity (Wildman–Crippen MR) is 87.0 cm³/mol. The molecule has 2 amide bonds. The molecule has 0 radical (unpaired) electrons. The van der Waals surface area contributed by atoms with E-state index < -0.39 is 0 Å². The molecule has 1 aromatic heterocycles. The zero-order valence-corrected chi connectivity index (χ0v) is 14.3. The molecule has 2 heterocycles. The number of amides is 2. The number of aromatic nitrogens is 2. The molecule has 22 heavy (non-hydrogen) atoms. The van der Waals surface area contributed by atoms with E-state index in [1.165, 1.54) is 0 Å². The van der Waals surface area contributed by atoms with Gasteiger partial charge >= 0.3 is 6.03 Å². The Kier molecular flexibility index (Phi) is 5.11. The minimum Gasteiger partial charge on any atom is -0.376 e. The van der Waals surface area contributed by atoms with Crippen molar-refractivity contribution in [3.63, 3.8) is 0 Å². The second-order valence-electron chi connectivity index (χ2n) is 7.31. The van der Waals surface area contributed by atoms with Crippen LogP contribution in [0.1, 0.15) is 41.0 Å². The van der Waals surface area contributed by atoms with Crippen LogP contribution >= 0.6 is 0 Å². The van der Waals surface area contributed by atoms with Crippen LogP contribution in [0.5, 0.6) is 0 Å². The van der Waals surface area contributed by atoms with Crippen molar-refractivity contribution >= 4 is 11.8 Å². The highest BCUT2D eigenvalue weighted by molar-refractivity contribution is 5.88. The van der Waals surface area contributed by atoms with Gasteiger partial charge in [0, 0.05) is 25.8 Å². The third-order valence-corrected chi connectivity index (χ3v) is 3.61. The molecule has 0 spiro atoms. The minimum atomic E-state index is -0.167. The molecule has 1 aliphatic rings. The highest BCUT2D eigenvalue weighted by atomic mass is 16.5. The fraction of sp³-hybridized carbons (Fsp3) is 0.750. The lowest BCUT2D eigenvalue weighted by atomic mass is 10.1. The number of hydrogen-bond donors (Lipinski definition) is 1. The number of nitrogens with one attached hydrogen (secondary N) is 1. The molecule has 6 nitrogen and oxygen atoms in total. The third kappa shape index (κ3) is 4.22. The van der Waals surface area contributed by atoms with Crippen molar-refractivity contribution in [2.75, 3.05) is 25.0 Å². The molecule has 1 atom stereocenters. The number of hydrogen-bond acceptors (Lipinski definition) is 3. The van der Waals surface area contributed by atoms with Crippen LogP contribution in [-0.2, 0) is 10.3 Å². The number of likely N-dealkylation sites (tertiary alicyclic amines) is 1. The van der Waals surface area contributed by atoms with E-state index in [0.29, 0.717) is 12.5 Å². The number of nitrogens with zero attached hydrogens (tertiary/aromatic N) is 3. The van der Waals surface area contributed by atoms with Crippen molar-refractivity contribution in [2.45, 2.75) is 52.7 Å². The van der Waals surface area contributed by atoms with Crippen LogP contribution in [0, 0.1) is 5.92 Å². The second-order valence-corrected chi connectivity index (χ2v) is 7.31. The maximum absolute atomic E-state index is 12.4. The summed E-state index contributed by atoms with van der Waals surface area (Å²) in [6.45, 7) is 12.6. The zero-order valence-electron chi connectivity index (χ0n) is 14.3. The molecule has 1 unspecified atom stereocenters. The SMILES string of the molecule is CC(C)COC1CCN(C(=O)Nc2ccnn2C(C)(C)C)C1. The topological polar surface area (TPSA) is 59.4 Å². The van der Waals surface area contributed by atoms with E-state index in [1.807, 2.05) is 15.6 Å². The maximum Gasteiger partial charge on any atom is 0.323 e. The van der Waals surface area contributed by atoms with Crippen LogP contribution < -0.4 is 5.32 Å². The van der Waals surface area contributed by atoms with Crippen LogP contribution in [0.15, 0.2) is 12.3 Å². The van der Waals surface area contributed by atoms with Gasteiger partial charge in [0.1, 0.15) is 5.82 Å². The van der Waals surface area contributed by atoms with Crippen molar-refractivity contribution < 1.29 is 9.53 Å². The molecule has 1 fully saturated rings. The fourth-order valence-corrected chi connectivity index (χ4v) is 2.50. The number of carbonyl (C=O) groups is 1. The predicted octanol–water partition coefficient (Wildman–Crippen LogP) is 2.92. The van der Waals surface area contributed by atoms with Crippen molar-refractivity contribution in [1.29, 1.82) is 0 Å². The van der Waals surface area contributed by atoms with Gasteiger partial charge in [-0.15, -0.1) is 0 Å². The van der Waals surface area contributed by atoms with E-state index in [0.717, 1.165) is 25.4 Å². The van der Waals surface area contributed by atoms with Gasteiger partial charge in [0.25, 0.3) is 0 Å². The highest BCUT2D eigenvalue weighted by Crippen LogP contribution is 2.20. The largest absolute Gasteiger partial charge is 0.376 e. The summed E-state index contributed by atoms with van der Waals surface area (Å²) >= 11 is 0. The molecule has 0 bridgehead atoms. The van der Waals surface area contributed by atoms with Gasteiger partial charge in [0.2, 0.25) is 0 Å². The Morgan fingerprint density at radius 1 is 1.50 bits per heavy atom. The molecule has 1 aromatic rings. The summed E-state index contributed by atoms with van der Waals surface area (Å²) in [5, 5.41) is 7.25. The summed E-state index contributed by atoms with van der Waals surface area (Å²) in [7, 11) is 0. The van der Waals surface area contributed by atoms with Crippen LogP contribution in [0.25, 0.3) is 0 Å². The molecular weight excluding hydrogens is 280 g/mol. The van der Waals surface area contributed by atoms with Gasteiger partial charge in [0.05, 0.1) is 17.8 Å². The second kappa shape index (κ2) is 6.69. The third-order valence-electron chi connectivity index (χ3n) is 3.61. The van der Waals surface area contributed by atoms with Crippen LogP contribution in [0.4, 0.5) is 10.6 Å². The Bertz CT molecular complexity index is 504. The van der Waals surface area contributed by atoms with Gasteiger partial charge in [-0.05, 0) is 33.1 Å². The van der Waals surface area contributed by atoms with Crippen molar-refractivity contribution in [3.05, 3.63) is 12.3 Å². The molecule has 6 heteroatoms. The minimum absolute atomic E-state index is 0.0818. The summed E-state index contributed by atoms with van der Waals surface area (Å²) in [6, 6.07) is 1.74. The Morgan fingerprint density at radius 3 is 2.86 bits per heavy atom. The molecular formula is C16H28N4O2. The summed E-state index contributed by atoms with van der Waals surface area (Å²) < 4.78 is 7.65. The van der Waals surface area contributed by atoms with Crippen molar-refractivity contribution in [3.8, 4) is 0 Å². The summed E-state index contributed by atoms with van der Waals surface area (Å²) in [6.07, 6.45) is 2.76. The standard InChI is InChI=1S/C16H28N4O2/c1-12(2)11-22-13-7-9-19(10-13)15(21)18-14-6-8-17-20(14)16(3,4)5/h6,8,12-13H,7,9-11H2,1-5H3,(H,18,21). The van der Waals surface area contributed by atoms with Gasteiger partial charge in [-0.1, -0.05) is 13.8 Å². The smallest absolute Gasteiger partial charge is 0.323 e. The first-order valence-electron chi connectivity index (χ1n) is 7.99. The van der Waals surface area contributed by atoms with E-state index in [-0.39, 0.29) is 17.7 Å². The molecule has 1 aliphatic heterocycles. The zero-order chi connectivity index (χ0) is 16.3. The Hall–Kier alpha value is -1.56. The van der Waals surface area contributed by atoms with Crippen LogP contribution in [0.3, 0.4) is 0 Å². The molecule has 0 saturated carbocycles. The molecule has 124 valence electrons. The number of urea groups is 1. The Labute approximate surface area is 132 Å². The summed E-state index contributed by atoms with van der Waals surface area (Å²) in [5.74, 6) is 1.24. The Balaban J connectivity index is 1.90. The number of ether oxygens (including phenoxy) is 1. The van der Waals surface area contributed by atoms with Crippen molar-refractivity contribution in [1.82, 2.24) is 14.7 Å². The quantitative estimate of drug-likeness (QED) is 0.930. The van der Waals surface area contributed by atoms with E-state index in [9.17, 15) is 4.79 Å². The van der Waals surface area contributed by atoms with Gasteiger partial charge in [-0.3, -0.25) is 5.32 Å². The first kappa shape index (κ1) is 16.8. The maximum atomic E-state index is 12.4. The first-order chi connectivity index (χ1) is 10.3. The van der Waals surface area contributed by atoms with Gasteiger partial charge in [0.15, 0.2) is 0 Å². The lowest BCUT2D eigenvalue weighted by Crippen LogP contribution is -2.36. The van der Waals surface area contributed by atoms with Gasteiger partial charge in [-0.2, -0.15) is 5.10 Å².